The third-order valence-corrected chi connectivity index (χ3v) is 3.52. The van der Waals surface area contributed by atoms with E-state index < -0.39 is 0 Å². The van der Waals surface area contributed by atoms with Crippen LogP contribution in [0.1, 0.15) is 12.8 Å². The van der Waals surface area contributed by atoms with Crippen LogP contribution in [-0.4, -0.2) is 67.7 Å². The first-order valence-corrected chi connectivity index (χ1v) is 6.54. The van der Waals surface area contributed by atoms with Crippen LogP contribution in [0.5, 0.6) is 0 Å². The van der Waals surface area contributed by atoms with Crippen LogP contribution in [0.4, 0.5) is 0 Å². The fourth-order valence-corrected chi connectivity index (χ4v) is 2.63. The lowest BCUT2D eigenvalue weighted by atomic mass is 10.2. The van der Waals surface area contributed by atoms with Crippen molar-refractivity contribution in [3.05, 3.63) is 0 Å². The van der Waals surface area contributed by atoms with E-state index in [0.29, 0.717) is 6.10 Å². The standard InChI is InChI=1S/C11H21ClN2O/c12-3-4-13-5-7-14(8-6-13)10-11-2-1-9-15-11/h11H,1-10H2. The van der Waals surface area contributed by atoms with Crippen molar-refractivity contribution < 1.29 is 4.74 Å². The Morgan fingerprint density at radius 1 is 1.13 bits per heavy atom. The maximum Gasteiger partial charge on any atom is 0.0702 e. The quantitative estimate of drug-likeness (QED) is 0.674. The summed E-state index contributed by atoms with van der Waals surface area (Å²) in [5, 5.41) is 0. The van der Waals surface area contributed by atoms with Crippen molar-refractivity contribution in [2.24, 2.45) is 0 Å². The van der Waals surface area contributed by atoms with E-state index in [9.17, 15) is 0 Å². The number of rotatable bonds is 4. The van der Waals surface area contributed by atoms with Gasteiger partial charge in [-0.2, -0.15) is 0 Å². The number of hydrogen-bond acceptors (Lipinski definition) is 3. The van der Waals surface area contributed by atoms with E-state index in [-0.39, 0.29) is 0 Å². The minimum atomic E-state index is 0.504. The largest absolute Gasteiger partial charge is 0.377 e. The Morgan fingerprint density at radius 3 is 2.47 bits per heavy atom. The molecule has 0 amide bonds. The maximum atomic E-state index is 5.73. The summed E-state index contributed by atoms with van der Waals surface area (Å²) in [5.41, 5.74) is 0. The Hall–Kier alpha value is 0.170. The van der Waals surface area contributed by atoms with Crippen LogP contribution in [0, 0.1) is 0 Å². The summed E-state index contributed by atoms with van der Waals surface area (Å²) in [5.74, 6) is 0.756. The summed E-state index contributed by atoms with van der Waals surface area (Å²) in [6.45, 7) is 7.83. The van der Waals surface area contributed by atoms with Crippen LogP contribution in [0.25, 0.3) is 0 Å². The van der Waals surface area contributed by atoms with Gasteiger partial charge in [0.1, 0.15) is 0 Å². The maximum absolute atomic E-state index is 5.73. The van der Waals surface area contributed by atoms with E-state index >= 15 is 0 Å². The number of nitrogens with zero attached hydrogens (tertiary/aromatic N) is 2. The van der Waals surface area contributed by atoms with Gasteiger partial charge in [0, 0.05) is 51.8 Å². The third kappa shape index (κ3) is 3.59. The molecule has 2 aliphatic rings. The number of halogens is 1. The highest BCUT2D eigenvalue weighted by Crippen LogP contribution is 2.14. The number of alkyl halides is 1. The van der Waals surface area contributed by atoms with Gasteiger partial charge in [-0.25, -0.2) is 0 Å². The first-order valence-electron chi connectivity index (χ1n) is 6.01. The molecule has 1 atom stereocenters. The van der Waals surface area contributed by atoms with E-state index in [0.717, 1.165) is 25.6 Å². The summed E-state index contributed by atoms with van der Waals surface area (Å²) in [6, 6.07) is 0. The lowest BCUT2D eigenvalue weighted by Crippen LogP contribution is -2.48. The SMILES string of the molecule is ClCCN1CCN(CC2CCCO2)CC1. The first-order chi connectivity index (χ1) is 7.38. The van der Waals surface area contributed by atoms with Crippen molar-refractivity contribution in [3.63, 3.8) is 0 Å². The van der Waals surface area contributed by atoms with Crippen molar-refractivity contribution in [1.82, 2.24) is 9.80 Å². The predicted octanol–water partition coefficient (Wildman–Crippen LogP) is 1.02. The molecule has 1 unspecified atom stereocenters. The molecule has 0 aromatic heterocycles. The number of ether oxygens (including phenoxy) is 1. The highest BCUT2D eigenvalue weighted by molar-refractivity contribution is 6.18. The molecule has 0 saturated carbocycles. The second-order valence-electron chi connectivity index (χ2n) is 4.47. The normalized spacial score (nSPS) is 29.8. The summed E-state index contributed by atoms with van der Waals surface area (Å²) in [7, 11) is 0. The second kappa shape index (κ2) is 6.04. The molecular weight excluding hydrogens is 212 g/mol. The number of hydrogen-bond donors (Lipinski definition) is 0. The highest BCUT2D eigenvalue weighted by atomic mass is 35.5. The minimum absolute atomic E-state index is 0.504. The second-order valence-corrected chi connectivity index (χ2v) is 4.84. The third-order valence-electron chi connectivity index (χ3n) is 3.35. The molecule has 2 rings (SSSR count). The lowest BCUT2D eigenvalue weighted by Gasteiger charge is -2.35. The van der Waals surface area contributed by atoms with Gasteiger partial charge in [-0.3, -0.25) is 9.80 Å². The molecule has 15 heavy (non-hydrogen) atoms. The van der Waals surface area contributed by atoms with Crippen LogP contribution in [0.3, 0.4) is 0 Å². The van der Waals surface area contributed by atoms with E-state index in [1.54, 1.807) is 0 Å². The van der Waals surface area contributed by atoms with Gasteiger partial charge < -0.3 is 4.74 Å². The van der Waals surface area contributed by atoms with Crippen molar-refractivity contribution in [2.45, 2.75) is 18.9 Å². The zero-order chi connectivity index (χ0) is 10.5. The molecule has 0 radical (unpaired) electrons. The van der Waals surface area contributed by atoms with Crippen LogP contribution in [-0.2, 0) is 4.74 Å². The molecule has 2 heterocycles. The Kier molecular flexibility index (Phi) is 4.69. The van der Waals surface area contributed by atoms with Crippen molar-refractivity contribution in [2.75, 3.05) is 51.8 Å². The molecule has 0 spiro atoms. The molecule has 2 aliphatic heterocycles. The molecule has 88 valence electrons. The van der Waals surface area contributed by atoms with Crippen LogP contribution in [0.15, 0.2) is 0 Å². The zero-order valence-electron chi connectivity index (χ0n) is 9.33. The smallest absolute Gasteiger partial charge is 0.0702 e. The van der Waals surface area contributed by atoms with Crippen molar-refractivity contribution in [3.8, 4) is 0 Å². The monoisotopic (exact) mass is 232 g/mol. The van der Waals surface area contributed by atoms with Crippen molar-refractivity contribution in [1.29, 1.82) is 0 Å². The van der Waals surface area contributed by atoms with Gasteiger partial charge in [-0.05, 0) is 12.8 Å². The molecular formula is C11H21ClN2O. The van der Waals surface area contributed by atoms with Gasteiger partial charge in [0.15, 0.2) is 0 Å². The average molecular weight is 233 g/mol. The Labute approximate surface area is 97.3 Å². The van der Waals surface area contributed by atoms with Gasteiger partial charge in [-0.15, -0.1) is 11.6 Å². The van der Waals surface area contributed by atoms with E-state index in [1.165, 1.54) is 39.0 Å². The first kappa shape index (κ1) is 11.6. The summed E-state index contributed by atoms with van der Waals surface area (Å²) in [4.78, 5) is 4.97. The van der Waals surface area contributed by atoms with E-state index in [1.807, 2.05) is 0 Å². The Bertz CT molecular complexity index is 177. The van der Waals surface area contributed by atoms with Crippen LogP contribution in [0.2, 0.25) is 0 Å². The molecule has 3 nitrogen and oxygen atoms in total. The average Bonchev–Trinajstić information content (AvgIpc) is 2.74. The molecule has 2 saturated heterocycles. The van der Waals surface area contributed by atoms with Gasteiger partial charge >= 0.3 is 0 Å². The molecule has 0 bridgehead atoms. The van der Waals surface area contributed by atoms with E-state index in [2.05, 4.69) is 9.80 Å². The molecule has 0 aromatic rings. The Balaban J connectivity index is 1.64. The minimum Gasteiger partial charge on any atom is -0.377 e. The van der Waals surface area contributed by atoms with Gasteiger partial charge in [0.25, 0.3) is 0 Å². The summed E-state index contributed by atoms with van der Waals surface area (Å²) >= 11 is 5.73. The topological polar surface area (TPSA) is 15.7 Å². The summed E-state index contributed by atoms with van der Waals surface area (Å²) < 4.78 is 5.65. The predicted molar refractivity (Wildman–Crippen MR) is 62.6 cm³/mol. The van der Waals surface area contributed by atoms with Gasteiger partial charge in [-0.1, -0.05) is 0 Å². The fourth-order valence-electron chi connectivity index (χ4n) is 2.39. The lowest BCUT2D eigenvalue weighted by molar-refractivity contribution is 0.0517. The molecule has 0 aliphatic carbocycles. The molecule has 2 fully saturated rings. The van der Waals surface area contributed by atoms with Crippen molar-refractivity contribution >= 4 is 11.6 Å². The highest BCUT2D eigenvalue weighted by Gasteiger charge is 2.22. The summed E-state index contributed by atoms with van der Waals surface area (Å²) in [6.07, 6.45) is 3.00. The van der Waals surface area contributed by atoms with E-state index in [4.69, 9.17) is 16.3 Å². The zero-order valence-corrected chi connectivity index (χ0v) is 10.1. The molecule has 4 heteroatoms. The fraction of sp³-hybridized carbons (Fsp3) is 1.00. The van der Waals surface area contributed by atoms with Gasteiger partial charge in [0.05, 0.1) is 6.10 Å². The van der Waals surface area contributed by atoms with Crippen LogP contribution < -0.4 is 0 Å². The molecule has 0 aromatic carbocycles. The number of piperazine rings is 1. The molecule has 0 N–H and O–H groups in total. The Morgan fingerprint density at radius 2 is 1.87 bits per heavy atom. The van der Waals surface area contributed by atoms with Crippen LogP contribution >= 0.6 is 11.6 Å². The van der Waals surface area contributed by atoms with Gasteiger partial charge in [0.2, 0.25) is 0 Å².